The van der Waals surface area contributed by atoms with Crippen LogP contribution in [0.3, 0.4) is 0 Å². The maximum atomic E-state index is 13.1. The maximum Gasteiger partial charge on any atom is 0.356 e. The van der Waals surface area contributed by atoms with Crippen molar-refractivity contribution in [3.63, 3.8) is 0 Å². The SMILES string of the molecule is COC(=O)c1c(NC(=O)c2ccccc2)c2cc(NCc3ccc(CO)o3)cnc2n1CC1CCCO1. The topological polar surface area (TPSA) is 128 Å². The zero-order valence-corrected chi connectivity index (χ0v) is 20.4. The minimum atomic E-state index is -0.582. The van der Waals surface area contributed by atoms with Gasteiger partial charge < -0.3 is 34.2 Å². The number of furan rings is 1. The molecule has 1 fully saturated rings. The highest BCUT2D eigenvalue weighted by atomic mass is 16.5. The fourth-order valence-electron chi connectivity index (χ4n) is 4.49. The highest BCUT2D eigenvalue weighted by Crippen LogP contribution is 2.34. The third kappa shape index (κ3) is 5.20. The van der Waals surface area contributed by atoms with Crippen LogP contribution in [0.5, 0.6) is 0 Å². The van der Waals surface area contributed by atoms with Crippen LogP contribution >= 0.6 is 0 Å². The summed E-state index contributed by atoms with van der Waals surface area (Å²) < 4.78 is 18.3. The van der Waals surface area contributed by atoms with Gasteiger partial charge in [0.1, 0.15) is 23.8 Å². The molecule has 3 aromatic heterocycles. The Bertz CT molecular complexity index is 1410. The Balaban J connectivity index is 1.56. The molecular weight excluding hydrogens is 476 g/mol. The van der Waals surface area contributed by atoms with Crippen LogP contribution in [0.25, 0.3) is 11.0 Å². The van der Waals surface area contributed by atoms with Crippen LogP contribution in [0.1, 0.15) is 45.2 Å². The summed E-state index contributed by atoms with van der Waals surface area (Å²) in [6.45, 7) is 1.26. The van der Waals surface area contributed by atoms with Crippen molar-refractivity contribution >= 4 is 34.3 Å². The van der Waals surface area contributed by atoms with E-state index in [4.69, 9.17) is 13.9 Å². The van der Waals surface area contributed by atoms with Crippen LogP contribution in [0, 0.1) is 0 Å². The molecule has 0 radical (unpaired) electrons. The molecule has 10 nitrogen and oxygen atoms in total. The number of hydrogen-bond acceptors (Lipinski definition) is 8. The molecule has 0 spiro atoms. The van der Waals surface area contributed by atoms with Crippen molar-refractivity contribution in [3.8, 4) is 0 Å². The number of carbonyl (C=O) groups is 2. The van der Waals surface area contributed by atoms with Gasteiger partial charge in [-0.1, -0.05) is 18.2 Å². The Morgan fingerprint density at radius 1 is 1.19 bits per heavy atom. The first kappa shape index (κ1) is 24.5. The van der Waals surface area contributed by atoms with Gasteiger partial charge in [0.05, 0.1) is 43.9 Å². The fourth-order valence-corrected chi connectivity index (χ4v) is 4.49. The lowest BCUT2D eigenvalue weighted by Crippen LogP contribution is -2.21. The molecule has 37 heavy (non-hydrogen) atoms. The van der Waals surface area contributed by atoms with E-state index < -0.39 is 5.97 Å². The van der Waals surface area contributed by atoms with Crippen molar-refractivity contribution in [3.05, 3.63) is 77.5 Å². The predicted octanol–water partition coefficient (Wildman–Crippen LogP) is 3.95. The van der Waals surface area contributed by atoms with Gasteiger partial charge in [0, 0.05) is 17.6 Å². The summed E-state index contributed by atoms with van der Waals surface area (Å²) in [6.07, 6.45) is 3.40. The van der Waals surface area contributed by atoms with E-state index >= 15 is 0 Å². The van der Waals surface area contributed by atoms with E-state index in [1.807, 2.05) is 12.1 Å². The van der Waals surface area contributed by atoms with Crippen LogP contribution in [0.15, 0.2) is 59.1 Å². The Morgan fingerprint density at radius 3 is 2.70 bits per heavy atom. The first-order valence-corrected chi connectivity index (χ1v) is 12.1. The van der Waals surface area contributed by atoms with Gasteiger partial charge in [0.15, 0.2) is 5.69 Å². The molecule has 1 unspecified atom stereocenters. The van der Waals surface area contributed by atoms with Crippen LogP contribution in [0.2, 0.25) is 0 Å². The molecule has 1 atom stereocenters. The normalized spacial score (nSPS) is 15.1. The number of nitrogens with zero attached hydrogens (tertiary/aromatic N) is 2. The number of carbonyl (C=O) groups excluding carboxylic acids is 2. The molecule has 4 heterocycles. The number of benzene rings is 1. The van der Waals surface area contributed by atoms with E-state index in [1.54, 1.807) is 47.2 Å². The van der Waals surface area contributed by atoms with Gasteiger partial charge in [0.25, 0.3) is 5.91 Å². The number of nitrogens with one attached hydrogen (secondary N) is 2. The number of methoxy groups -OCH3 is 1. The molecule has 5 rings (SSSR count). The lowest BCUT2D eigenvalue weighted by molar-refractivity contribution is 0.0580. The third-order valence-corrected chi connectivity index (χ3v) is 6.30. The number of rotatable bonds is 9. The van der Waals surface area contributed by atoms with E-state index in [0.29, 0.717) is 59.2 Å². The number of aliphatic hydroxyl groups excluding tert-OH is 1. The number of esters is 1. The number of aromatic nitrogens is 2. The summed E-state index contributed by atoms with van der Waals surface area (Å²) in [6, 6.07) is 14.1. The zero-order chi connectivity index (χ0) is 25.8. The van der Waals surface area contributed by atoms with Crippen LogP contribution in [-0.2, 0) is 29.2 Å². The highest BCUT2D eigenvalue weighted by Gasteiger charge is 2.29. The van der Waals surface area contributed by atoms with Gasteiger partial charge in [-0.25, -0.2) is 9.78 Å². The summed E-state index contributed by atoms with van der Waals surface area (Å²) in [7, 11) is 1.31. The second-order valence-corrected chi connectivity index (χ2v) is 8.76. The van der Waals surface area contributed by atoms with Gasteiger partial charge >= 0.3 is 5.97 Å². The number of hydrogen-bond donors (Lipinski definition) is 3. The first-order chi connectivity index (χ1) is 18.1. The molecule has 10 heteroatoms. The van der Waals surface area contributed by atoms with E-state index in [2.05, 4.69) is 15.6 Å². The van der Waals surface area contributed by atoms with Crippen molar-refractivity contribution in [2.24, 2.45) is 0 Å². The van der Waals surface area contributed by atoms with Crippen LogP contribution in [0.4, 0.5) is 11.4 Å². The molecule has 192 valence electrons. The van der Waals surface area contributed by atoms with Gasteiger partial charge in [-0.15, -0.1) is 0 Å². The van der Waals surface area contributed by atoms with Gasteiger partial charge in [-0.2, -0.15) is 0 Å². The number of anilines is 2. The van der Waals surface area contributed by atoms with E-state index in [1.165, 1.54) is 7.11 Å². The highest BCUT2D eigenvalue weighted by molar-refractivity contribution is 6.14. The summed E-state index contributed by atoms with van der Waals surface area (Å²) in [5.74, 6) is 0.187. The molecule has 1 amide bonds. The molecule has 1 saturated heterocycles. The molecule has 1 aliphatic heterocycles. The average molecular weight is 505 g/mol. The smallest absolute Gasteiger partial charge is 0.356 e. The quantitative estimate of drug-likeness (QED) is 0.292. The molecule has 1 aromatic carbocycles. The van der Waals surface area contributed by atoms with E-state index in [-0.39, 0.29) is 24.3 Å². The third-order valence-electron chi connectivity index (χ3n) is 6.30. The largest absolute Gasteiger partial charge is 0.464 e. The monoisotopic (exact) mass is 504 g/mol. The van der Waals surface area contributed by atoms with Crippen molar-refractivity contribution in [1.82, 2.24) is 9.55 Å². The minimum absolute atomic E-state index is 0.0732. The fraction of sp³-hybridized carbons (Fsp3) is 0.296. The Hall–Kier alpha value is -4.15. The lowest BCUT2D eigenvalue weighted by atomic mass is 10.2. The molecule has 0 bridgehead atoms. The Labute approximate surface area is 213 Å². The summed E-state index contributed by atoms with van der Waals surface area (Å²) >= 11 is 0. The molecule has 4 aromatic rings. The van der Waals surface area contributed by atoms with Crippen LogP contribution in [-0.4, -0.2) is 46.4 Å². The zero-order valence-electron chi connectivity index (χ0n) is 20.4. The minimum Gasteiger partial charge on any atom is -0.464 e. The molecule has 1 aliphatic rings. The lowest BCUT2D eigenvalue weighted by Gasteiger charge is -2.14. The first-order valence-electron chi connectivity index (χ1n) is 12.1. The number of amides is 1. The number of pyridine rings is 1. The van der Waals surface area contributed by atoms with Crippen molar-refractivity contribution in [2.75, 3.05) is 24.4 Å². The molecule has 0 aliphatic carbocycles. The maximum absolute atomic E-state index is 13.1. The molecule has 3 N–H and O–H groups in total. The second-order valence-electron chi connectivity index (χ2n) is 8.76. The van der Waals surface area contributed by atoms with Crippen LogP contribution < -0.4 is 10.6 Å². The molecular formula is C27H28N4O6. The molecule has 0 saturated carbocycles. The second kappa shape index (κ2) is 10.9. The van der Waals surface area contributed by atoms with E-state index in [9.17, 15) is 14.7 Å². The van der Waals surface area contributed by atoms with E-state index in [0.717, 1.165) is 12.8 Å². The summed E-state index contributed by atoms with van der Waals surface area (Å²) in [5, 5.41) is 16.0. The van der Waals surface area contributed by atoms with Gasteiger partial charge in [-0.05, 0) is 43.2 Å². The Morgan fingerprint density at radius 2 is 2.00 bits per heavy atom. The van der Waals surface area contributed by atoms with Crippen molar-refractivity contribution in [1.29, 1.82) is 0 Å². The van der Waals surface area contributed by atoms with Crippen molar-refractivity contribution in [2.45, 2.75) is 38.6 Å². The van der Waals surface area contributed by atoms with Gasteiger partial charge in [0.2, 0.25) is 0 Å². The number of fused-ring (bicyclic) bond motifs is 1. The standard InChI is InChI=1S/C27H28N4O6/c1-35-27(34)24-23(30-26(33)17-6-3-2-4-7-17)22-12-18(28-14-19-9-10-21(16-32)37-19)13-29-25(22)31(24)15-20-8-5-11-36-20/h2-4,6-7,9-10,12-13,20,28,32H,5,8,11,14-16H2,1H3,(H,30,33). The van der Waals surface area contributed by atoms with Gasteiger partial charge in [-0.3, -0.25) is 4.79 Å². The Kier molecular flexibility index (Phi) is 7.20. The summed E-state index contributed by atoms with van der Waals surface area (Å²) in [5.41, 5.74) is 2.18. The van der Waals surface area contributed by atoms with Crippen molar-refractivity contribution < 1.29 is 28.6 Å². The number of ether oxygens (including phenoxy) is 2. The predicted molar refractivity (Wildman–Crippen MR) is 136 cm³/mol. The average Bonchev–Trinajstić information content (AvgIpc) is 3.68. The number of aliphatic hydroxyl groups is 1. The summed E-state index contributed by atoms with van der Waals surface area (Å²) in [4.78, 5) is 30.8.